The summed E-state index contributed by atoms with van der Waals surface area (Å²) < 4.78 is 32.0. The molecular weight excluding hydrogens is 448 g/mol. The number of fused-ring (bicyclic) bond motifs is 1. The standard InChI is InChI=1S/C28H33F2N3O2/c29-28(30)35-22-17-15-20(16-18-22)26-32-23-13-7-8-14-24(23)33(26)25(19-9-3-1-4-10-19)27(34)31-21-11-5-2-6-12-21/h7-8,13-19,21,25,28H,1-6,9-12H2,(H,31,34). The van der Waals surface area contributed by atoms with Crippen LogP contribution in [-0.4, -0.2) is 28.1 Å². The summed E-state index contributed by atoms with van der Waals surface area (Å²) in [4.78, 5) is 18.9. The highest BCUT2D eigenvalue weighted by Gasteiger charge is 2.35. The van der Waals surface area contributed by atoms with Crippen molar-refractivity contribution in [2.45, 2.75) is 82.9 Å². The number of amides is 1. The van der Waals surface area contributed by atoms with Crippen molar-refractivity contribution in [3.63, 3.8) is 0 Å². The van der Waals surface area contributed by atoms with Gasteiger partial charge in [-0.2, -0.15) is 8.78 Å². The normalized spacial score (nSPS) is 18.6. The van der Waals surface area contributed by atoms with E-state index < -0.39 is 6.61 Å². The van der Waals surface area contributed by atoms with Gasteiger partial charge in [-0.15, -0.1) is 0 Å². The lowest BCUT2D eigenvalue weighted by Crippen LogP contribution is -2.43. The van der Waals surface area contributed by atoms with E-state index in [0.717, 1.165) is 68.0 Å². The van der Waals surface area contributed by atoms with Crippen molar-refractivity contribution in [1.82, 2.24) is 14.9 Å². The fourth-order valence-corrected chi connectivity index (χ4v) is 5.84. The minimum atomic E-state index is -2.87. The summed E-state index contributed by atoms with van der Waals surface area (Å²) in [6.45, 7) is -2.87. The van der Waals surface area contributed by atoms with Crippen LogP contribution >= 0.6 is 0 Å². The van der Waals surface area contributed by atoms with Crippen molar-refractivity contribution in [3.8, 4) is 17.1 Å². The second-order valence-corrected chi connectivity index (χ2v) is 9.88. The van der Waals surface area contributed by atoms with E-state index in [0.29, 0.717) is 5.82 Å². The fraction of sp³-hybridized carbons (Fsp3) is 0.500. The zero-order chi connectivity index (χ0) is 24.2. The van der Waals surface area contributed by atoms with Crippen LogP contribution < -0.4 is 10.1 Å². The molecule has 0 aliphatic heterocycles. The van der Waals surface area contributed by atoms with Crippen LogP contribution in [0, 0.1) is 5.92 Å². The lowest BCUT2D eigenvalue weighted by atomic mass is 9.82. The first-order valence-corrected chi connectivity index (χ1v) is 12.9. The van der Waals surface area contributed by atoms with E-state index in [1.54, 1.807) is 12.1 Å². The summed E-state index contributed by atoms with van der Waals surface area (Å²) in [5.74, 6) is 1.09. The molecule has 7 heteroatoms. The van der Waals surface area contributed by atoms with Crippen LogP contribution in [0.2, 0.25) is 0 Å². The Balaban J connectivity index is 1.57. The van der Waals surface area contributed by atoms with Crippen molar-refractivity contribution in [3.05, 3.63) is 48.5 Å². The smallest absolute Gasteiger partial charge is 0.387 e. The van der Waals surface area contributed by atoms with Crippen LogP contribution in [0.4, 0.5) is 8.78 Å². The summed E-state index contributed by atoms with van der Waals surface area (Å²) in [6, 6.07) is 14.3. The minimum Gasteiger partial charge on any atom is -0.435 e. The van der Waals surface area contributed by atoms with Crippen molar-refractivity contribution >= 4 is 16.9 Å². The number of hydrogen-bond acceptors (Lipinski definition) is 3. The number of nitrogens with one attached hydrogen (secondary N) is 1. The summed E-state index contributed by atoms with van der Waals surface area (Å²) in [7, 11) is 0. The fourth-order valence-electron chi connectivity index (χ4n) is 5.84. The molecule has 1 amide bonds. The van der Waals surface area contributed by atoms with Crippen LogP contribution in [0.5, 0.6) is 5.75 Å². The van der Waals surface area contributed by atoms with E-state index in [9.17, 15) is 13.6 Å². The number of benzene rings is 2. The molecule has 2 aliphatic carbocycles. The second kappa shape index (κ2) is 10.8. The van der Waals surface area contributed by atoms with Crippen LogP contribution in [0.15, 0.2) is 48.5 Å². The first-order valence-electron chi connectivity index (χ1n) is 12.9. The average Bonchev–Trinajstić information content (AvgIpc) is 3.25. The number of ether oxygens (including phenoxy) is 1. The third-order valence-corrected chi connectivity index (χ3v) is 7.53. The zero-order valence-corrected chi connectivity index (χ0v) is 20.0. The molecule has 2 saturated carbocycles. The second-order valence-electron chi connectivity index (χ2n) is 9.88. The number of para-hydroxylation sites is 2. The monoisotopic (exact) mass is 481 g/mol. The van der Waals surface area contributed by atoms with Gasteiger partial charge in [0.05, 0.1) is 11.0 Å². The minimum absolute atomic E-state index is 0.0749. The maximum Gasteiger partial charge on any atom is 0.387 e. The van der Waals surface area contributed by atoms with Crippen LogP contribution in [0.3, 0.4) is 0 Å². The van der Waals surface area contributed by atoms with E-state index in [2.05, 4.69) is 14.6 Å². The SMILES string of the molecule is O=C(NC1CCCCC1)C(C1CCCCC1)n1c(-c2ccc(OC(F)F)cc2)nc2ccccc21. The van der Waals surface area contributed by atoms with Crippen molar-refractivity contribution in [2.75, 3.05) is 0 Å². The Bertz CT molecular complexity index is 1130. The molecule has 0 bridgehead atoms. The number of halogens is 2. The number of carbonyl (C=O) groups excluding carboxylic acids is 1. The lowest BCUT2D eigenvalue weighted by Gasteiger charge is -2.33. The summed E-state index contributed by atoms with van der Waals surface area (Å²) >= 11 is 0. The molecule has 2 aliphatic rings. The molecule has 5 nitrogen and oxygen atoms in total. The Morgan fingerprint density at radius 3 is 2.26 bits per heavy atom. The molecule has 1 N–H and O–H groups in total. The van der Waals surface area contributed by atoms with E-state index in [1.807, 2.05) is 24.3 Å². The Kier molecular flexibility index (Phi) is 7.30. The highest BCUT2D eigenvalue weighted by atomic mass is 19.3. The molecule has 0 radical (unpaired) electrons. The van der Waals surface area contributed by atoms with Gasteiger partial charge in [0.1, 0.15) is 17.6 Å². The van der Waals surface area contributed by atoms with Gasteiger partial charge in [0.15, 0.2) is 0 Å². The van der Waals surface area contributed by atoms with Gasteiger partial charge in [-0.3, -0.25) is 4.79 Å². The molecule has 1 aromatic heterocycles. The van der Waals surface area contributed by atoms with Gasteiger partial charge in [-0.1, -0.05) is 50.7 Å². The van der Waals surface area contributed by atoms with Gasteiger partial charge >= 0.3 is 6.61 Å². The molecule has 5 rings (SSSR count). The first kappa shape index (κ1) is 23.8. The summed E-state index contributed by atoms with van der Waals surface area (Å²) in [5.41, 5.74) is 2.51. The molecule has 0 saturated heterocycles. The Morgan fingerprint density at radius 1 is 0.914 bits per heavy atom. The molecule has 1 unspecified atom stereocenters. The van der Waals surface area contributed by atoms with Crippen LogP contribution in [0.25, 0.3) is 22.4 Å². The molecule has 2 fully saturated rings. The number of imidazole rings is 1. The summed E-state index contributed by atoms with van der Waals surface area (Å²) in [6.07, 6.45) is 11.1. The topological polar surface area (TPSA) is 56.2 Å². The zero-order valence-electron chi connectivity index (χ0n) is 20.0. The van der Waals surface area contributed by atoms with Crippen molar-refractivity contribution in [2.24, 2.45) is 5.92 Å². The number of hydrogen-bond donors (Lipinski definition) is 1. The van der Waals surface area contributed by atoms with Gasteiger partial charge in [0.25, 0.3) is 0 Å². The molecule has 1 heterocycles. The number of aromatic nitrogens is 2. The van der Waals surface area contributed by atoms with Crippen molar-refractivity contribution < 1.29 is 18.3 Å². The van der Waals surface area contributed by atoms with Crippen LogP contribution in [-0.2, 0) is 4.79 Å². The predicted molar refractivity (Wildman–Crippen MR) is 132 cm³/mol. The molecule has 0 spiro atoms. The number of rotatable bonds is 7. The number of nitrogens with zero attached hydrogens (tertiary/aromatic N) is 2. The van der Waals surface area contributed by atoms with Gasteiger partial charge in [0.2, 0.25) is 5.91 Å². The first-order chi connectivity index (χ1) is 17.1. The van der Waals surface area contributed by atoms with Crippen molar-refractivity contribution in [1.29, 1.82) is 0 Å². The van der Waals surface area contributed by atoms with Crippen LogP contribution in [0.1, 0.15) is 70.3 Å². The molecule has 1 atom stereocenters. The Labute approximate surface area is 204 Å². The van der Waals surface area contributed by atoms with Gasteiger partial charge in [0, 0.05) is 11.6 Å². The largest absolute Gasteiger partial charge is 0.435 e. The Hall–Kier alpha value is -2.96. The van der Waals surface area contributed by atoms with E-state index in [4.69, 9.17) is 4.98 Å². The average molecular weight is 482 g/mol. The maximum absolute atomic E-state index is 13.9. The van der Waals surface area contributed by atoms with Gasteiger partial charge in [-0.25, -0.2) is 4.98 Å². The molecule has 186 valence electrons. The number of alkyl halides is 2. The maximum atomic E-state index is 13.9. The lowest BCUT2D eigenvalue weighted by molar-refractivity contribution is -0.127. The quantitative estimate of drug-likeness (QED) is 0.400. The number of carbonyl (C=O) groups is 1. The van der Waals surface area contributed by atoms with Gasteiger partial charge in [-0.05, 0) is 68.0 Å². The highest BCUT2D eigenvalue weighted by molar-refractivity contribution is 5.87. The molecule has 35 heavy (non-hydrogen) atoms. The molecule has 2 aromatic carbocycles. The predicted octanol–water partition coefficient (Wildman–Crippen LogP) is 6.88. The molecule has 3 aromatic rings. The third-order valence-electron chi connectivity index (χ3n) is 7.53. The Morgan fingerprint density at radius 2 is 1.57 bits per heavy atom. The van der Waals surface area contributed by atoms with E-state index >= 15 is 0 Å². The van der Waals surface area contributed by atoms with E-state index in [1.165, 1.54) is 25.0 Å². The third kappa shape index (κ3) is 5.34. The molecular formula is C28H33F2N3O2. The van der Waals surface area contributed by atoms with E-state index in [-0.39, 0.29) is 29.7 Å². The van der Waals surface area contributed by atoms with Gasteiger partial charge < -0.3 is 14.6 Å². The highest BCUT2D eigenvalue weighted by Crippen LogP contribution is 2.39. The summed E-state index contributed by atoms with van der Waals surface area (Å²) in [5, 5.41) is 3.39.